The second-order valence-electron chi connectivity index (χ2n) is 3.72. The van der Waals surface area contributed by atoms with E-state index in [1.165, 1.54) is 12.1 Å². The summed E-state index contributed by atoms with van der Waals surface area (Å²) in [5.74, 6) is -0.221. The Morgan fingerprint density at radius 1 is 1.06 bits per heavy atom. The summed E-state index contributed by atoms with van der Waals surface area (Å²) in [6.45, 7) is 0. The van der Waals surface area contributed by atoms with E-state index in [4.69, 9.17) is 5.73 Å². The van der Waals surface area contributed by atoms with Gasteiger partial charge in [0, 0.05) is 18.4 Å². The number of hydrogen-bond donors (Lipinski definition) is 1. The molecular formula is C13H13FN2. The maximum Gasteiger partial charge on any atom is 0.123 e. The summed E-state index contributed by atoms with van der Waals surface area (Å²) < 4.78 is 12.7. The zero-order valence-corrected chi connectivity index (χ0v) is 8.81. The fourth-order valence-corrected chi connectivity index (χ4v) is 1.60. The van der Waals surface area contributed by atoms with E-state index in [9.17, 15) is 4.39 Å². The molecule has 0 aliphatic carbocycles. The molecule has 0 amide bonds. The van der Waals surface area contributed by atoms with Crippen LogP contribution in [0.5, 0.6) is 0 Å². The molecule has 2 rings (SSSR count). The van der Waals surface area contributed by atoms with E-state index in [-0.39, 0.29) is 11.9 Å². The van der Waals surface area contributed by atoms with Crippen molar-refractivity contribution >= 4 is 0 Å². The zero-order chi connectivity index (χ0) is 11.4. The van der Waals surface area contributed by atoms with Gasteiger partial charge in [-0.25, -0.2) is 4.39 Å². The van der Waals surface area contributed by atoms with Gasteiger partial charge in [-0.3, -0.25) is 4.98 Å². The van der Waals surface area contributed by atoms with Gasteiger partial charge in [-0.2, -0.15) is 0 Å². The van der Waals surface area contributed by atoms with Gasteiger partial charge in [0.1, 0.15) is 5.82 Å². The normalized spacial score (nSPS) is 12.4. The summed E-state index contributed by atoms with van der Waals surface area (Å²) in [5, 5.41) is 0. The van der Waals surface area contributed by atoms with Crippen molar-refractivity contribution in [3.63, 3.8) is 0 Å². The van der Waals surface area contributed by atoms with Crippen molar-refractivity contribution < 1.29 is 4.39 Å². The molecule has 0 saturated heterocycles. The van der Waals surface area contributed by atoms with Crippen LogP contribution in [-0.2, 0) is 6.42 Å². The lowest BCUT2D eigenvalue weighted by Gasteiger charge is -2.11. The largest absolute Gasteiger partial charge is 0.324 e. The molecule has 0 spiro atoms. The van der Waals surface area contributed by atoms with Crippen LogP contribution in [0.1, 0.15) is 17.2 Å². The van der Waals surface area contributed by atoms with Gasteiger partial charge < -0.3 is 5.73 Å². The molecule has 0 saturated carbocycles. The maximum atomic E-state index is 12.7. The van der Waals surface area contributed by atoms with E-state index in [1.807, 2.05) is 12.1 Å². The first-order chi connectivity index (χ1) is 7.75. The molecule has 0 aliphatic heterocycles. The van der Waals surface area contributed by atoms with Crippen LogP contribution in [0.25, 0.3) is 0 Å². The van der Waals surface area contributed by atoms with Crippen LogP contribution in [0.4, 0.5) is 4.39 Å². The van der Waals surface area contributed by atoms with Gasteiger partial charge in [0.25, 0.3) is 0 Å². The van der Waals surface area contributed by atoms with Crippen molar-refractivity contribution in [3.05, 3.63) is 65.7 Å². The number of halogens is 1. The number of pyridine rings is 1. The number of rotatable bonds is 3. The number of nitrogens with two attached hydrogens (primary N) is 1. The van der Waals surface area contributed by atoms with Crippen molar-refractivity contribution in [3.8, 4) is 0 Å². The molecule has 2 N–H and O–H groups in total. The van der Waals surface area contributed by atoms with Gasteiger partial charge in [0.05, 0.1) is 0 Å². The van der Waals surface area contributed by atoms with Gasteiger partial charge in [-0.05, 0) is 41.8 Å². The Balaban J connectivity index is 2.08. The summed E-state index contributed by atoms with van der Waals surface area (Å²) >= 11 is 0. The van der Waals surface area contributed by atoms with Crippen LogP contribution in [-0.4, -0.2) is 4.98 Å². The Bertz CT molecular complexity index is 439. The summed E-state index contributed by atoms with van der Waals surface area (Å²) in [5.41, 5.74) is 8.12. The molecule has 0 bridgehead atoms. The molecule has 82 valence electrons. The predicted octanol–water partition coefficient (Wildman–Crippen LogP) is 2.46. The van der Waals surface area contributed by atoms with E-state index >= 15 is 0 Å². The van der Waals surface area contributed by atoms with Crippen LogP contribution in [0, 0.1) is 5.82 Å². The predicted molar refractivity (Wildman–Crippen MR) is 61.3 cm³/mol. The van der Waals surface area contributed by atoms with Gasteiger partial charge in [0.15, 0.2) is 0 Å². The van der Waals surface area contributed by atoms with Gasteiger partial charge >= 0.3 is 0 Å². The van der Waals surface area contributed by atoms with E-state index in [0.717, 1.165) is 11.1 Å². The monoisotopic (exact) mass is 216 g/mol. The Morgan fingerprint density at radius 3 is 2.31 bits per heavy atom. The number of hydrogen-bond acceptors (Lipinski definition) is 2. The minimum atomic E-state index is -0.221. The van der Waals surface area contributed by atoms with Crippen LogP contribution in [0.3, 0.4) is 0 Å². The topological polar surface area (TPSA) is 38.9 Å². The lowest BCUT2D eigenvalue weighted by Crippen LogP contribution is -2.13. The Labute approximate surface area is 93.9 Å². The molecule has 1 aromatic carbocycles. The van der Waals surface area contributed by atoms with Crippen LogP contribution >= 0.6 is 0 Å². The number of aromatic nitrogens is 1. The molecule has 0 fully saturated rings. The molecule has 0 aliphatic rings. The molecule has 1 heterocycles. The molecule has 1 aromatic heterocycles. The third kappa shape index (κ3) is 2.64. The summed E-state index contributed by atoms with van der Waals surface area (Å²) in [7, 11) is 0. The van der Waals surface area contributed by atoms with Crippen LogP contribution < -0.4 is 5.73 Å². The number of nitrogens with zero attached hydrogens (tertiary/aromatic N) is 1. The van der Waals surface area contributed by atoms with Crippen molar-refractivity contribution in [1.82, 2.24) is 4.98 Å². The first kappa shape index (κ1) is 10.8. The molecule has 2 aromatic rings. The molecule has 3 heteroatoms. The molecular weight excluding hydrogens is 203 g/mol. The first-order valence-electron chi connectivity index (χ1n) is 5.15. The van der Waals surface area contributed by atoms with Crippen molar-refractivity contribution in [2.75, 3.05) is 0 Å². The summed E-state index contributed by atoms with van der Waals surface area (Å²) in [6.07, 6.45) is 4.14. The van der Waals surface area contributed by atoms with Gasteiger partial charge in [0.2, 0.25) is 0 Å². The molecule has 0 radical (unpaired) electrons. The summed E-state index contributed by atoms with van der Waals surface area (Å²) in [6, 6.07) is 10.1. The molecule has 2 nitrogen and oxygen atoms in total. The number of benzene rings is 1. The smallest absolute Gasteiger partial charge is 0.123 e. The highest BCUT2D eigenvalue weighted by molar-refractivity contribution is 5.21. The molecule has 1 unspecified atom stereocenters. The highest BCUT2D eigenvalue weighted by Crippen LogP contribution is 2.15. The SMILES string of the molecule is NC(Cc1ccc(F)cc1)c1ccncc1. The van der Waals surface area contributed by atoms with E-state index < -0.39 is 0 Å². The fourth-order valence-electron chi connectivity index (χ4n) is 1.60. The van der Waals surface area contributed by atoms with Crippen molar-refractivity contribution in [1.29, 1.82) is 0 Å². The standard InChI is InChI=1S/C13H13FN2/c14-12-3-1-10(2-4-12)9-13(15)11-5-7-16-8-6-11/h1-8,13H,9,15H2. The minimum absolute atomic E-state index is 0.0755. The first-order valence-corrected chi connectivity index (χ1v) is 5.15. The third-order valence-corrected chi connectivity index (χ3v) is 2.50. The highest BCUT2D eigenvalue weighted by Gasteiger charge is 2.06. The third-order valence-electron chi connectivity index (χ3n) is 2.50. The molecule has 1 atom stereocenters. The van der Waals surface area contributed by atoms with Gasteiger partial charge in [-0.1, -0.05) is 12.1 Å². The lowest BCUT2D eigenvalue weighted by molar-refractivity contribution is 0.625. The van der Waals surface area contributed by atoms with E-state index in [0.29, 0.717) is 6.42 Å². The second kappa shape index (κ2) is 4.86. The highest BCUT2D eigenvalue weighted by atomic mass is 19.1. The van der Waals surface area contributed by atoms with E-state index in [1.54, 1.807) is 24.5 Å². The van der Waals surface area contributed by atoms with Crippen molar-refractivity contribution in [2.24, 2.45) is 5.73 Å². The Hall–Kier alpha value is -1.74. The zero-order valence-electron chi connectivity index (χ0n) is 8.81. The van der Waals surface area contributed by atoms with Crippen molar-refractivity contribution in [2.45, 2.75) is 12.5 Å². The Kier molecular flexibility index (Phi) is 3.27. The summed E-state index contributed by atoms with van der Waals surface area (Å²) in [4.78, 5) is 3.94. The second-order valence-corrected chi connectivity index (χ2v) is 3.72. The van der Waals surface area contributed by atoms with Crippen LogP contribution in [0.15, 0.2) is 48.8 Å². The average molecular weight is 216 g/mol. The van der Waals surface area contributed by atoms with Crippen LogP contribution in [0.2, 0.25) is 0 Å². The lowest BCUT2D eigenvalue weighted by atomic mass is 10.0. The molecule has 16 heavy (non-hydrogen) atoms. The van der Waals surface area contributed by atoms with E-state index in [2.05, 4.69) is 4.98 Å². The quantitative estimate of drug-likeness (QED) is 0.856. The average Bonchev–Trinajstić information content (AvgIpc) is 2.33. The maximum absolute atomic E-state index is 12.7. The minimum Gasteiger partial charge on any atom is -0.324 e. The fraction of sp³-hybridized carbons (Fsp3) is 0.154. The Morgan fingerprint density at radius 2 is 1.69 bits per heavy atom. The van der Waals surface area contributed by atoms with Gasteiger partial charge in [-0.15, -0.1) is 0 Å².